The van der Waals surface area contributed by atoms with Gasteiger partial charge in [-0.1, -0.05) is 0 Å². The number of carbonyl (C=O) groups is 2. The summed E-state index contributed by atoms with van der Waals surface area (Å²) in [7, 11) is 0. The van der Waals surface area contributed by atoms with Crippen molar-refractivity contribution in [3.63, 3.8) is 0 Å². The van der Waals surface area contributed by atoms with E-state index in [1.54, 1.807) is 23.1 Å². The maximum Gasteiger partial charge on any atom is 0.251 e. The number of nitrogens with one attached hydrogen (secondary N) is 1. The minimum atomic E-state index is -0.304. The molecule has 1 aromatic rings. The third-order valence-electron chi connectivity index (χ3n) is 4.27. The van der Waals surface area contributed by atoms with Gasteiger partial charge in [0.15, 0.2) is 11.5 Å². The highest BCUT2D eigenvalue weighted by atomic mass is 16.7. The molecule has 2 heterocycles. The van der Waals surface area contributed by atoms with Crippen molar-refractivity contribution in [2.24, 2.45) is 5.92 Å². The molecule has 24 heavy (non-hydrogen) atoms. The molecule has 3 rings (SSSR count). The SMILES string of the molecule is CCN(C[C@H]1CCOC1)C(=O)CNC(=O)c1ccc2c(c1)OCO2. The first-order chi connectivity index (χ1) is 11.7. The molecule has 2 aliphatic rings. The molecule has 0 bridgehead atoms. The maximum absolute atomic E-state index is 12.3. The van der Waals surface area contributed by atoms with Crippen LogP contribution >= 0.6 is 0 Å². The van der Waals surface area contributed by atoms with Crippen LogP contribution in [0, 0.1) is 5.92 Å². The second-order valence-corrected chi connectivity index (χ2v) is 5.91. The highest BCUT2D eigenvalue weighted by molar-refractivity contribution is 5.97. The predicted molar refractivity (Wildman–Crippen MR) is 86.1 cm³/mol. The van der Waals surface area contributed by atoms with Gasteiger partial charge in [0.1, 0.15) is 0 Å². The molecule has 1 atom stereocenters. The summed E-state index contributed by atoms with van der Waals surface area (Å²) < 4.78 is 15.8. The van der Waals surface area contributed by atoms with E-state index in [0.717, 1.165) is 13.0 Å². The molecule has 1 saturated heterocycles. The highest BCUT2D eigenvalue weighted by Crippen LogP contribution is 2.32. The maximum atomic E-state index is 12.3. The van der Waals surface area contributed by atoms with E-state index in [0.29, 0.717) is 42.7 Å². The van der Waals surface area contributed by atoms with Gasteiger partial charge in [-0.2, -0.15) is 0 Å². The zero-order valence-electron chi connectivity index (χ0n) is 13.7. The molecule has 0 aliphatic carbocycles. The fourth-order valence-electron chi connectivity index (χ4n) is 2.85. The molecular weight excluding hydrogens is 312 g/mol. The number of carbonyl (C=O) groups excluding carboxylic acids is 2. The summed E-state index contributed by atoms with van der Waals surface area (Å²) in [6, 6.07) is 4.97. The standard InChI is InChI=1S/C17H22N2O5/c1-2-19(9-12-5-6-22-10-12)16(20)8-18-17(21)13-3-4-14-15(7-13)24-11-23-14/h3-4,7,12H,2,5-6,8-11H2,1H3,(H,18,21)/t12-/m1/s1. The Morgan fingerprint density at radius 1 is 1.29 bits per heavy atom. The van der Waals surface area contributed by atoms with Crippen LogP contribution in [0.4, 0.5) is 0 Å². The Morgan fingerprint density at radius 3 is 2.88 bits per heavy atom. The summed E-state index contributed by atoms with van der Waals surface area (Å²) in [5.74, 6) is 1.17. The molecule has 1 N–H and O–H groups in total. The molecule has 0 spiro atoms. The lowest BCUT2D eigenvalue weighted by Crippen LogP contribution is -2.42. The first-order valence-electron chi connectivity index (χ1n) is 8.20. The van der Waals surface area contributed by atoms with Gasteiger partial charge in [-0.3, -0.25) is 9.59 Å². The van der Waals surface area contributed by atoms with Crippen molar-refractivity contribution in [3.05, 3.63) is 23.8 Å². The Kier molecular flexibility index (Phi) is 5.20. The molecule has 130 valence electrons. The van der Waals surface area contributed by atoms with E-state index in [1.807, 2.05) is 6.92 Å². The summed E-state index contributed by atoms with van der Waals surface area (Å²) in [6.45, 7) is 4.84. The number of hydrogen-bond acceptors (Lipinski definition) is 5. The molecule has 1 aromatic carbocycles. The minimum absolute atomic E-state index is 0.0192. The van der Waals surface area contributed by atoms with Gasteiger partial charge >= 0.3 is 0 Å². The van der Waals surface area contributed by atoms with Crippen LogP contribution in [0.2, 0.25) is 0 Å². The van der Waals surface area contributed by atoms with Gasteiger partial charge in [0.25, 0.3) is 5.91 Å². The van der Waals surface area contributed by atoms with Gasteiger partial charge in [0.2, 0.25) is 12.7 Å². The molecule has 7 nitrogen and oxygen atoms in total. The van der Waals surface area contributed by atoms with Gasteiger partial charge in [-0.05, 0) is 31.5 Å². The Morgan fingerprint density at radius 2 is 2.12 bits per heavy atom. The molecule has 2 aliphatic heterocycles. The number of rotatable bonds is 6. The summed E-state index contributed by atoms with van der Waals surface area (Å²) >= 11 is 0. The van der Waals surface area contributed by atoms with Crippen LogP contribution < -0.4 is 14.8 Å². The lowest BCUT2D eigenvalue weighted by molar-refractivity contribution is -0.130. The van der Waals surface area contributed by atoms with E-state index in [1.165, 1.54) is 0 Å². The smallest absolute Gasteiger partial charge is 0.251 e. The Labute approximate surface area is 140 Å². The van der Waals surface area contributed by atoms with E-state index in [-0.39, 0.29) is 25.2 Å². The normalized spacial score (nSPS) is 18.5. The fraction of sp³-hybridized carbons (Fsp3) is 0.529. The Hall–Kier alpha value is -2.28. The third kappa shape index (κ3) is 3.79. The zero-order chi connectivity index (χ0) is 16.9. The molecule has 0 radical (unpaired) electrons. The van der Waals surface area contributed by atoms with E-state index < -0.39 is 0 Å². The van der Waals surface area contributed by atoms with Crippen LogP contribution in [0.3, 0.4) is 0 Å². The van der Waals surface area contributed by atoms with Crippen LogP contribution in [-0.4, -0.2) is 56.4 Å². The van der Waals surface area contributed by atoms with E-state index >= 15 is 0 Å². The largest absolute Gasteiger partial charge is 0.454 e. The third-order valence-corrected chi connectivity index (χ3v) is 4.27. The molecule has 0 saturated carbocycles. The first kappa shape index (κ1) is 16.6. The van der Waals surface area contributed by atoms with Crippen molar-refractivity contribution in [1.29, 1.82) is 0 Å². The van der Waals surface area contributed by atoms with Crippen LogP contribution in [0.1, 0.15) is 23.7 Å². The molecule has 1 fully saturated rings. The minimum Gasteiger partial charge on any atom is -0.454 e. The number of ether oxygens (including phenoxy) is 3. The summed E-state index contributed by atoms with van der Waals surface area (Å²) in [6.07, 6.45) is 0.979. The van der Waals surface area contributed by atoms with Gasteiger partial charge in [-0.25, -0.2) is 0 Å². The van der Waals surface area contributed by atoms with Crippen molar-refractivity contribution in [3.8, 4) is 11.5 Å². The zero-order valence-corrected chi connectivity index (χ0v) is 13.7. The molecule has 2 amide bonds. The van der Waals surface area contributed by atoms with Crippen molar-refractivity contribution in [1.82, 2.24) is 10.2 Å². The first-order valence-corrected chi connectivity index (χ1v) is 8.20. The lowest BCUT2D eigenvalue weighted by atomic mass is 10.1. The lowest BCUT2D eigenvalue weighted by Gasteiger charge is -2.23. The van der Waals surface area contributed by atoms with Crippen molar-refractivity contribution < 1.29 is 23.8 Å². The van der Waals surface area contributed by atoms with Crippen LogP contribution in [0.5, 0.6) is 11.5 Å². The van der Waals surface area contributed by atoms with Crippen molar-refractivity contribution in [2.45, 2.75) is 13.3 Å². The number of fused-ring (bicyclic) bond motifs is 1. The topological polar surface area (TPSA) is 77.1 Å². The predicted octanol–water partition coefficient (Wildman–Crippen LogP) is 1.03. The van der Waals surface area contributed by atoms with Crippen molar-refractivity contribution >= 4 is 11.8 Å². The van der Waals surface area contributed by atoms with Crippen molar-refractivity contribution in [2.75, 3.05) is 39.6 Å². The number of hydrogen-bond donors (Lipinski definition) is 1. The number of benzene rings is 1. The summed E-state index contributed by atoms with van der Waals surface area (Å²) in [4.78, 5) is 26.3. The monoisotopic (exact) mass is 334 g/mol. The van der Waals surface area contributed by atoms with Gasteiger partial charge in [0.05, 0.1) is 13.2 Å². The second kappa shape index (κ2) is 7.53. The molecule has 0 aromatic heterocycles. The Bertz CT molecular complexity index is 613. The summed E-state index contributed by atoms with van der Waals surface area (Å²) in [5, 5.41) is 2.67. The van der Waals surface area contributed by atoms with Crippen LogP contribution in [0.15, 0.2) is 18.2 Å². The molecular formula is C17H22N2O5. The number of nitrogens with zero attached hydrogens (tertiary/aromatic N) is 1. The number of likely N-dealkylation sites (N-methyl/N-ethyl adjacent to an activating group) is 1. The highest BCUT2D eigenvalue weighted by Gasteiger charge is 2.22. The average Bonchev–Trinajstić information content (AvgIpc) is 3.27. The fourth-order valence-corrected chi connectivity index (χ4v) is 2.85. The molecule has 7 heteroatoms. The molecule has 0 unspecified atom stereocenters. The van der Waals surface area contributed by atoms with Crippen LogP contribution in [-0.2, 0) is 9.53 Å². The second-order valence-electron chi connectivity index (χ2n) is 5.91. The summed E-state index contributed by atoms with van der Waals surface area (Å²) in [5.41, 5.74) is 0.444. The van der Waals surface area contributed by atoms with Gasteiger partial charge in [0, 0.05) is 31.2 Å². The Balaban J connectivity index is 1.51. The van der Waals surface area contributed by atoms with Gasteiger partial charge in [-0.15, -0.1) is 0 Å². The average molecular weight is 334 g/mol. The van der Waals surface area contributed by atoms with Crippen LogP contribution in [0.25, 0.3) is 0 Å². The number of amides is 2. The van der Waals surface area contributed by atoms with E-state index in [4.69, 9.17) is 14.2 Å². The van der Waals surface area contributed by atoms with E-state index in [9.17, 15) is 9.59 Å². The van der Waals surface area contributed by atoms with Gasteiger partial charge < -0.3 is 24.4 Å². The van der Waals surface area contributed by atoms with E-state index in [2.05, 4.69) is 5.32 Å². The quantitative estimate of drug-likeness (QED) is 0.841.